The van der Waals surface area contributed by atoms with E-state index in [1.165, 1.54) is 0 Å². The summed E-state index contributed by atoms with van der Waals surface area (Å²) in [5.74, 6) is 0. The third-order valence-corrected chi connectivity index (χ3v) is 2.59. The van der Waals surface area contributed by atoms with Crippen LogP contribution in [0.25, 0.3) is 0 Å². The van der Waals surface area contributed by atoms with Gasteiger partial charge in [0.2, 0.25) is 0 Å². The molecule has 1 heterocycles. The minimum absolute atomic E-state index is 0.101. The van der Waals surface area contributed by atoms with Gasteiger partial charge in [0.25, 0.3) is 0 Å². The van der Waals surface area contributed by atoms with E-state index in [-0.39, 0.29) is 16.9 Å². The Morgan fingerprint density at radius 3 is 2.60 bits per heavy atom. The molecule has 0 saturated heterocycles. The van der Waals surface area contributed by atoms with Crippen LogP contribution in [0.3, 0.4) is 0 Å². The topological polar surface area (TPSA) is 82.3 Å². The van der Waals surface area contributed by atoms with Crippen LogP contribution in [0.5, 0.6) is 0 Å². The van der Waals surface area contributed by atoms with Crippen molar-refractivity contribution in [3.05, 3.63) is 27.5 Å². The van der Waals surface area contributed by atoms with Crippen LogP contribution >= 0.6 is 23.2 Å². The normalized spacial score (nSPS) is 11.7. The van der Waals surface area contributed by atoms with Gasteiger partial charge in [-0.1, -0.05) is 23.2 Å². The molecule has 0 spiro atoms. The van der Waals surface area contributed by atoms with Crippen molar-refractivity contribution < 1.29 is 12.6 Å². The molecule has 0 bridgehead atoms. The Labute approximate surface area is 97.4 Å². The minimum Gasteiger partial charge on any atom is -0.253 e. The fourth-order valence-corrected chi connectivity index (χ4v) is 1.80. The van der Waals surface area contributed by atoms with Gasteiger partial charge in [0.15, 0.2) is 0 Å². The van der Waals surface area contributed by atoms with E-state index < -0.39 is 10.3 Å². The maximum absolute atomic E-state index is 10.6. The highest BCUT2D eigenvalue weighted by atomic mass is 35.5. The number of nitrogens with zero attached hydrogens (tertiary/aromatic N) is 1. The minimum atomic E-state index is -3.99. The lowest BCUT2D eigenvalue weighted by Gasteiger charge is -2.07. The number of nitrogens with two attached hydrogens (primary N) is 1. The Bertz CT molecular complexity index is 452. The Kier molecular flexibility index (Phi) is 3.91. The van der Waals surface area contributed by atoms with Gasteiger partial charge in [-0.2, -0.15) is 8.42 Å². The first-order valence-corrected chi connectivity index (χ1v) is 6.01. The maximum atomic E-state index is 10.6. The molecule has 0 unspecified atom stereocenters. The number of rotatable bonds is 3. The third kappa shape index (κ3) is 3.92. The van der Waals surface area contributed by atoms with E-state index in [9.17, 15) is 8.42 Å². The quantitative estimate of drug-likeness (QED) is 0.843. The van der Waals surface area contributed by atoms with E-state index in [0.29, 0.717) is 11.1 Å². The van der Waals surface area contributed by atoms with Gasteiger partial charge in [-0.05, 0) is 18.6 Å². The van der Waals surface area contributed by atoms with Crippen LogP contribution in [0.1, 0.15) is 11.1 Å². The van der Waals surface area contributed by atoms with Crippen molar-refractivity contribution in [3.8, 4) is 0 Å². The second-order valence-corrected chi connectivity index (χ2v) is 4.75. The highest BCUT2D eigenvalue weighted by Crippen LogP contribution is 2.22. The van der Waals surface area contributed by atoms with Crippen molar-refractivity contribution >= 4 is 33.5 Å². The zero-order valence-electron chi connectivity index (χ0n) is 7.70. The molecule has 0 aliphatic rings. The molecule has 5 nitrogen and oxygen atoms in total. The summed E-state index contributed by atoms with van der Waals surface area (Å²) in [6.45, 7) is 1.45. The molecule has 1 aromatic rings. The molecule has 0 saturated carbocycles. The molecular weight excluding hydrogens is 263 g/mol. The van der Waals surface area contributed by atoms with Gasteiger partial charge in [-0.25, -0.2) is 10.1 Å². The van der Waals surface area contributed by atoms with Gasteiger partial charge in [-0.3, -0.25) is 4.18 Å². The van der Waals surface area contributed by atoms with Crippen LogP contribution in [-0.2, 0) is 21.1 Å². The predicted octanol–water partition coefficient (Wildman–Crippen LogP) is 1.42. The Hall–Kier alpha value is -0.400. The number of hydrogen-bond acceptors (Lipinski definition) is 4. The van der Waals surface area contributed by atoms with Gasteiger partial charge in [0, 0.05) is 5.56 Å². The lowest BCUT2D eigenvalue weighted by Crippen LogP contribution is -2.16. The van der Waals surface area contributed by atoms with E-state index in [4.69, 9.17) is 23.2 Å². The highest BCUT2D eigenvalue weighted by molar-refractivity contribution is 7.84. The zero-order valence-corrected chi connectivity index (χ0v) is 10.0. The summed E-state index contributed by atoms with van der Waals surface area (Å²) < 4.78 is 25.5. The first-order chi connectivity index (χ1) is 6.79. The second kappa shape index (κ2) is 4.63. The molecule has 0 radical (unpaired) electrons. The molecule has 2 N–H and O–H groups in total. The van der Waals surface area contributed by atoms with Crippen molar-refractivity contribution in [2.24, 2.45) is 5.14 Å². The monoisotopic (exact) mass is 270 g/mol. The van der Waals surface area contributed by atoms with Crippen molar-refractivity contribution in [2.45, 2.75) is 13.5 Å². The van der Waals surface area contributed by atoms with E-state index in [2.05, 4.69) is 14.3 Å². The standard InChI is InChI=1S/C7H8Cl2N2O3S/c1-4-2-6(8)11-7(9)5(4)3-14-15(10,12)13/h2H,3H2,1H3,(H2,10,12,13). The molecule has 1 rings (SSSR count). The van der Waals surface area contributed by atoms with Crippen LogP contribution in [0.15, 0.2) is 6.07 Å². The van der Waals surface area contributed by atoms with Gasteiger partial charge in [-0.15, -0.1) is 0 Å². The Balaban J connectivity index is 2.96. The average Bonchev–Trinajstić information content (AvgIpc) is 1.99. The summed E-state index contributed by atoms with van der Waals surface area (Å²) in [7, 11) is -3.99. The maximum Gasteiger partial charge on any atom is 0.333 e. The van der Waals surface area contributed by atoms with Crippen LogP contribution in [0, 0.1) is 6.92 Å². The molecule has 0 atom stereocenters. The zero-order chi connectivity index (χ0) is 11.6. The molecular formula is C7H8Cl2N2O3S. The third-order valence-electron chi connectivity index (χ3n) is 1.63. The fraction of sp³-hybridized carbons (Fsp3) is 0.286. The molecule has 0 amide bonds. The predicted molar refractivity (Wildman–Crippen MR) is 56.9 cm³/mol. The average molecular weight is 271 g/mol. The molecule has 15 heavy (non-hydrogen) atoms. The summed E-state index contributed by atoms with van der Waals surface area (Å²) in [4.78, 5) is 3.75. The smallest absolute Gasteiger partial charge is 0.253 e. The van der Waals surface area contributed by atoms with Crippen LogP contribution < -0.4 is 5.14 Å². The van der Waals surface area contributed by atoms with Crippen molar-refractivity contribution in [2.75, 3.05) is 0 Å². The summed E-state index contributed by atoms with van der Waals surface area (Å²) in [6, 6.07) is 1.55. The van der Waals surface area contributed by atoms with E-state index in [1.807, 2.05) is 0 Å². The van der Waals surface area contributed by atoms with E-state index >= 15 is 0 Å². The molecule has 0 aliphatic heterocycles. The Morgan fingerprint density at radius 1 is 1.53 bits per heavy atom. The number of aryl methyl sites for hydroxylation is 1. The fourth-order valence-electron chi connectivity index (χ4n) is 0.936. The van der Waals surface area contributed by atoms with Crippen molar-refractivity contribution in [1.29, 1.82) is 0 Å². The van der Waals surface area contributed by atoms with Crippen LogP contribution in [-0.4, -0.2) is 13.4 Å². The van der Waals surface area contributed by atoms with Crippen LogP contribution in [0.2, 0.25) is 10.3 Å². The summed E-state index contributed by atoms with van der Waals surface area (Å²) in [5.41, 5.74) is 1.12. The van der Waals surface area contributed by atoms with Gasteiger partial charge < -0.3 is 0 Å². The molecule has 0 aromatic carbocycles. The van der Waals surface area contributed by atoms with Gasteiger partial charge in [0.05, 0.1) is 6.61 Å². The molecule has 0 fully saturated rings. The lowest BCUT2D eigenvalue weighted by atomic mass is 10.2. The second-order valence-electron chi connectivity index (χ2n) is 2.79. The SMILES string of the molecule is Cc1cc(Cl)nc(Cl)c1COS(N)(=O)=O. The number of aromatic nitrogens is 1. The van der Waals surface area contributed by atoms with Crippen molar-refractivity contribution in [1.82, 2.24) is 4.98 Å². The highest BCUT2D eigenvalue weighted by Gasteiger charge is 2.11. The number of hydrogen-bond donors (Lipinski definition) is 1. The summed E-state index contributed by atoms with van der Waals surface area (Å²) in [6.07, 6.45) is 0. The lowest BCUT2D eigenvalue weighted by molar-refractivity contribution is 0.307. The summed E-state index contributed by atoms with van der Waals surface area (Å²) in [5, 5.41) is 5.01. The van der Waals surface area contributed by atoms with E-state index in [1.54, 1.807) is 13.0 Å². The van der Waals surface area contributed by atoms with Gasteiger partial charge in [0.1, 0.15) is 10.3 Å². The molecule has 1 aromatic heterocycles. The van der Waals surface area contributed by atoms with Gasteiger partial charge >= 0.3 is 10.3 Å². The van der Waals surface area contributed by atoms with Crippen molar-refractivity contribution in [3.63, 3.8) is 0 Å². The molecule has 84 valence electrons. The van der Waals surface area contributed by atoms with E-state index in [0.717, 1.165) is 0 Å². The number of halogens is 2. The summed E-state index contributed by atoms with van der Waals surface area (Å²) >= 11 is 11.4. The first-order valence-electron chi connectivity index (χ1n) is 3.78. The molecule has 8 heteroatoms. The first kappa shape index (κ1) is 12.7. The Morgan fingerprint density at radius 2 is 2.13 bits per heavy atom. The van der Waals surface area contributed by atoms with Crippen LogP contribution in [0.4, 0.5) is 0 Å². The number of pyridine rings is 1. The largest absolute Gasteiger partial charge is 0.333 e. The molecule has 0 aliphatic carbocycles.